The number of carboxylic acid groups (broad SMARTS) is 1. The highest BCUT2D eigenvalue weighted by Gasteiger charge is 2.17. The Kier molecular flexibility index (Phi) is 3.79. The predicted molar refractivity (Wildman–Crippen MR) is 75.7 cm³/mol. The highest BCUT2D eigenvalue weighted by Crippen LogP contribution is 2.24. The van der Waals surface area contributed by atoms with Gasteiger partial charge >= 0.3 is 5.97 Å². The van der Waals surface area contributed by atoms with Crippen LogP contribution in [-0.4, -0.2) is 25.8 Å². The molecule has 0 amide bonds. The number of aromatic carboxylic acids is 1. The molecular weight excluding hydrogens is 294 g/mol. The predicted octanol–water partition coefficient (Wildman–Crippen LogP) is 2.55. The van der Waals surface area contributed by atoms with E-state index in [1.165, 1.54) is 18.2 Å². The van der Waals surface area contributed by atoms with Crippen LogP contribution < -0.4 is 4.74 Å². The van der Waals surface area contributed by atoms with Crippen LogP contribution in [0.3, 0.4) is 0 Å². The van der Waals surface area contributed by atoms with Gasteiger partial charge < -0.3 is 14.4 Å². The number of nitrogens with zero attached hydrogens (tertiary/aromatic N) is 3. The first-order valence-electron chi connectivity index (χ1n) is 6.72. The molecule has 1 aliphatic heterocycles. The largest absolute Gasteiger partial charge is 0.485 e. The van der Waals surface area contributed by atoms with E-state index in [0.29, 0.717) is 10.8 Å². The number of halogens is 1. The van der Waals surface area contributed by atoms with Crippen LogP contribution in [0.25, 0.3) is 0 Å². The van der Waals surface area contributed by atoms with Gasteiger partial charge in [-0.1, -0.05) is 11.6 Å². The number of carbonyl (C=O) groups is 1. The Morgan fingerprint density at radius 1 is 1.38 bits per heavy atom. The number of rotatable bonds is 4. The maximum atomic E-state index is 11.2. The van der Waals surface area contributed by atoms with Crippen molar-refractivity contribution in [2.45, 2.75) is 32.4 Å². The van der Waals surface area contributed by atoms with Crippen LogP contribution in [-0.2, 0) is 19.6 Å². The molecule has 0 atom stereocenters. The lowest BCUT2D eigenvalue weighted by atomic mass is 10.2. The molecule has 1 aromatic carbocycles. The molecule has 0 bridgehead atoms. The second-order valence-corrected chi connectivity index (χ2v) is 5.31. The van der Waals surface area contributed by atoms with E-state index in [0.717, 1.165) is 31.6 Å². The molecule has 0 aliphatic carbocycles. The van der Waals surface area contributed by atoms with Crippen LogP contribution in [0.2, 0.25) is 5.02 Å². The summed E-state index contributed by atoms with van der Waals surface area (Å²) in [4.78, 5) is 11.2. The third kappa shape index (κ3) is 2.85. The molecule has 3 rings (SSSR count). The van der Waals surface area contributed by atoms with Gasteiger partial charge in [0.15, 0.2) is 5.82 Å². The molecule has 0 radical (unpaired) electrons. The Bertz CT molecular complexity index is 684. The highest BCUT2D eigenvalue weighted by atomic mass is 35.5. The molecule has 1 aromatic heterocycles. The lowest BCUT2D eigenvalue weighted by Gasteiger charge is -2.15. The fourth-order valence-corrected chi connectivity index (χ4v) is 2.57. The number of hydrogen-bond donors (Lipinski definition) is 1. The van der Waals surface area contributed by atoms with Gasteiger partial charge in [0.25, 0.3) is 0 Å². The minimum atomic E-state index is -1.05. The maximum Gasteiger partial charge on any atom is 0.339 e. The number of fused-ring (bicyclic) bond motifs is 1. The van der Waals surface area contributed by atoms with Gasteiger partial charge in [0.2, 0.25) is 0 Å². The molecule has 0 spiro atoms. The summed E-state index contributed by atoms with van der Waals surface area (Å²) in [6.07, 6.45) is 3.14. The summed E-state index contributed by atoms with van der Waals surface area (Å²) < 4.78 is 7.64. The van der Waals surface area contributed by atoms with Gasteiger partial charge in [-0.25, -0.2) is 4.79 Å². The van der Waals surface area contributed by atoms with Crippen LogP contribution in [0.15, 0.2) is 18.2 Å². The van der Waals surface area contributed by atoms with Crippen molar-refractivity contribution in [3.63, 3.8) is 0 Å². The topological polar surface area (TPSA) is 77.2 Å². The second-order valence-electron chi connectivity index (χ2n) is 4.88. The third-order valence-electron chi connectivity index (χ3n) is 3.47. The van der Waals surface area contributed by atoms with Crippen LogP contribution in [0.4, 0.5) is 0 Å². The lowest BCUT2D eigenvalue weighted by molar-refractivity contribution is 0.0691. The minimum Gasteiger partial charge on any atom is -0.485 e. The average molecular weight is 308 g/mol. The van der Waals surface area contributed by atoms with Gasteiger partial charge in [-0.2, -0.15) is 0 Å². The van der Waals surface area contributed by atoms with Crippen LogP contribution in [0, 0.1) is 0 Å². The summed E-state index contributed by atoms with van der Waals surface area (Å²) in [6, 6.07) is 4.45. The molecule has 6 nitrogen and oxygen atoms in total. The minimum absolute atomic E-state index is 0.0813. The van der Waals surface area contributed by atoms with Crippen molar-refractivity contribution >= 4 is 17.6 Å². The first kappa shape index (κ1) is 13.9. The van der Waals surface area contributed by atoms with E-state index in [4.69, 9.17) is 21.4 Å². The summed E-state index contributed by atoms with van der Waals surface area (Å²) in [5.41, 5.74) is 0.0813. The molecule has 0 saturated carbocycles. The molecule has 2 heterocycles. The van der Waals surface area contributed by atoms with Crippen LogP contribution >= 0.6 is 11.6 Å². The smallest absolute Gasteiger partial charge is 0.339 e. The Morgan fingerprint density at radius 2 is 2.24 bits per heavy atom. The second kappa shape index (κ2) is 5.73. The Hall–Kier alpha value is -2.08. The third-order valence-corrected chi connectivity index (χ3v) is 3.70. The van der Waals surface area contributed by atoms with Crippen molar-refractivity contribution in [2.24, 2.45) is 0 Å². The van der Waals surface area contributed by atoms with Crippen molar-refractivity contribution in [1.29, 1.82) is 0 Å². The van der Waals surface area contributed by atoms with Crippen LogP contribution in [0.1, 0.15) is 34.8 Å². The van der Waals surface area contributed by atoms with E-state index < -0.39 is 5.97 Å². The van der Waals surface area contributed by atoms with Gasteiger partial charge in [-0.3, -0.25) is 0 Å². The molecule has 0 saturated heterocycles. The SMILES string of the molecule is O=C(O)c1ccc(Cl)cc1OCc1nnc2n1CCCC2. The standard InChI is InChI=1S/C14H14ClN3O3/c15-9-4-5-10(14(19)20)11(7-9)21-8-13-17-16-12-3-1-2-6-18(12)13/h4-5,7H,1-3,6,8H2,(H,19,20). The Labute approximate surface area is 126 Å². The Balaban J connectivity index is 1.80. The van der Waals surface area contributed by atoms with Crippen LogP contribution in [0.5, 0.6) is 5.75 Å². The fourth-order valence-electron chi connectivity index (χ4n) is 2.41. The molecule has 0 fully saturated rings. The van der Waals surface area contributed by atoms with E-state index in [1.807, 2.05) is 4.57 Å². The number of ether oxygens (including phenoxy) is 1. The van der Waals surface area contributed by atoms with Crippen molar-refractivity contribution in [1.82, 2.24) is 14.8 Å². The molecule has 0 unspecified atom stereocenters. The van der Waals surface area contributed by atoms with Gasteiger partial charge in [0, 0.05) is 18.0 Å². The summed E-state index contributed by atoms with van der Waals surface area (Å²) >= 11 is 5.89. The number of carboxylic acids is 1. The van der Waals surface area contributed by atoms with E-state index in [1.54, 1.807) is 0 Å². The maximum absolute atomic E-state index is 11.2. The van der Waals surface area contributed by atoms with E-state index >= 15 is 0 Å². The van der Waals surface area contributed by atoms with E-state index in [2.05, 4.69) is 10.2 Å². The summed E-state index contributed by atoms with van der Waals surface area (Å²) in [5.74, 6) is 0.860. The molecule has 2 aromatic rings. The molecule has 1 aliphatic rings. The molecule has 110 valence electrons. The quantitative estimate of drug-likeness (QED) is 0.939. The van der Waals surface area contributed by atoms with E-state index in [-0.39, 0.29) is 17.9 Å². The molecule has 7 heteroatoms. The highest BCUT2D eigenvalue weighted by molar-refractivity contribution is 6.30. The first-order chi connectivity index (χ1) is 10.1. The number of aryl methyl sites for hydroxylation is 1. The van der Waals surface area contributed by atoms with E-state index in [9.17, 15) is 4.79 Å². The monoisotopic (exact) mass is 307 g/mol. The zero-order valence-corrected chi connectivity index (χ0v) is 12.0. The lowest BCUT2D eigenvalue weighted by Crippen LogP contribution is -2.15. The summed E-state index contributed by atoms with van der Waals surface area (Å²) in [6.45, 7) is 1.05. The zero-order valence-electron chi connectivity index (χ0n) is 11.3. The number of hydrogen-bond acceptors (Lipinski definition) is 4. The van der Waals surface area contributed by atoms with Crippen molar-refractivity contribution in [3.05, 3.63) is 40.4 Å². The zero-order chi connectivity index (χ0) is 14.8. The van der Waals surface area contributed by atoms with Gasteiger partial charge in [-0.05, 0) is 31.0 Å². The molecule has 1 N–H and O–H groups in total. The summed E-state index contributed by atoms with van der Waals surface area (Å²) in [5, 5.41) is 17.8. The molecular formula is C14H14ClN3O3. The fraction of sp³-hybridized carbons (Fsp3) is 0.357. The molecule has 21 heavy (non-hydrogen) atoms. The van der Waals surface area contributed by atoms with Crippen molar-refractivity contribution < 1.29 is 14.6 Å². The van der Waals surface area contributed by atoms with Gasteiger partial charge in [0.1, 0.15) is 23.7 Å². The Morgan fingerprint density at radius 3 is 3.05 bits per heavy atom. The summed E-state index contributed by atoms with van der Waals surface area (Å²) in [7, 11) is 0. The van der Waals surface area contributed by atoms with Crippen molar-refractivity contribution in [3.8, 4) is 5.75 Å². The van der Waals surface area contributed by atoms with Gasteiger partial charge in [-0.15, -0.1) is 10.2 Å². The van der Waals surface area contributed by atoms with Gasteiger partial charge in [0.05, 0.1) is 0 Å². The first-order valence-corrected chi connectivity index (χ1v) is 7.09. The normalized spacial score (nSPS) is 13.8. The number of aromatic nitrogens is 3. The van der Waals surface area contributed by atoms with Crippen molar-refractivity contribution in [2.75, 3.05) is 0 Å². The number of benzene rings is 1. The average Bonchev–Trinajstić information content (AvgIpc) is 2.88.